The molecule has 8 nitrogen and oxygen atoms in total. The first-order valence-electron chi connectivity index (χ1n) is 7.48. The SMILES string of the molecule is COC(=O)c1ccc(-c2cc(Cl)c([C@]3(C)CS(=O)(=O)N(C)C(=N)N3)s2)[nH]1. The number of hydrogen-bond donors (Lipinski definition) is 3. The van der Waals surface area contributed by atoms with Crippen LogP contribution in [-0.4, -0.2) is 49.5 Å². The molecule has 1 atom stereocenters. The van der Waals surface area contributed by atoms with E-state index < -0.39 is 21.5 Å². The largest absolute Gasteiger partial charge is 0.464 e. The standard InChI is InChI=1S/C15H17ClN4O4S2/c1-15(7-26(22,23)20(2)14(17)19-15)12-8(16)6-11(25-12)9-4-5-10(18-9)13(21)24-3/h4-6,18H,7H2,1-3H3,(H2,17,19)/t15-/m0/s1. The van der Waals surface area contributed by atoms with Crippen LogP contribution in [0.2, 0.25) is 5.02 Å². The number of H-pyrrole nitrogens is 1. The van der Waals surface area contributed by atoms with Crippen molar-refractivity contribution in [2.24, 2.45) is 0 Å². The lowest BCUT2D eigenvalue weighted by molar-refractivity contribution is 0.0595. The maximum Gasteiger partial charge on any atom is 0.354 e. The van der Waals surface area contributed by atoms with E-state index >= 15 is 0 Å². The molecule has 0 unspecified atom stereocenters. The summed E-state index contributed by atoms with van der Waals surface area (Å²) in [7, 11) is -0.995. The average molecular weight is 417 g/mol. The lowest BCUT2D eigenvalue weighted by atomic mass is 10.0. The van der Waals surface area contributed by atoms with E-state index in [2.05, 4.69) is 15.0 Å². The van der Waals surface area contributed by atoms with Crippen LogP contribution in [0.1, 0.15) is 22.3 Å². The van der Waals surface area contributed by atoms with Crippen LogP contribution in [0.25, 0.3) is 10.6 Å². The Morgan fingerprint density at radius 2 is 2.15 bits per heavy atom. The fourth-order valence-corrected chi connectivity index (χ4v) is 5.93. The minimum atomic E-state index is -3.62. The molecule has 0 aliphatic carbocycles. The summed E-state index contributed by atoms with van der Waals surface area (Å²) < 4.78 is 30.2. The second-order valence-corrected chi connectivity index (χ2v) is 9.55. The number of carbonyl (C=O) groups excluding carboxylic acids is 1. The predicted molar refractivity (Wildman–Crippen MR) is 100 cm³/mol. The van der Waals surface area contributed by atoms with Crippen molar-refractivity contribution < 1.29 is 17.9 Å². The Hall–Kier alpha value is -2.04. The molecule has 2 aromatic rings. The molecular formula is C15H17ClN4O4S2. The van der Waals surface area contributed by atoms with Crippen molar-refractivity contribution in [2.75, 3.05) is 19.9 Å². The molecule has 0 bridgehead atoms. The molecule has 1 aliphatic heterocycles. The number of esters is 1. The van der Waals surface area contributed by atoms with Gasteiger partial charge < -0.3 is 15.0 Å². The number of halogens is 1. The third-order valence-electron chi connectivity index (χ3n) is 4.14. The zero-order valence-corrected chi connectivity index (χ0v) is 16.6. The van der Waals surface area contributed by atoms with Crippen molar-refractivity contribution in [3.8, 4) is 10.6 Å². The number of aromatic amines is 1. The molecule has 0 aromatic carbocycles. The van der Waals surface area contributed by atoms with E-state index in [-0.39, 0.29) is 11.7 Å². The van der Waals surface area contributed by atoms with Crippen LogP contribution in [0.3, 0.4) is 0 Å². The summed E-state index contributed by atoms with van der Waals surface area (Å²) in [6.07, 6.45) is 0. The molecule has 0 spiro atoms. The number of rotatable bonds is 3. The zero-order valence-electron chi connectivity index (χ0n) is 14.2. The van der Waals surface area contributed by atoms with Gasteiger partial charge in [0.05, 0.1) is 38.9 Å². The molecule has 1 fully saturated rings. The highest BCUT2D eigenvalue weighted by Gasteiger charge is 2.44. The number of nitrogens with one attached hydrogen (secondary N) is 3. The third-order valence-corrected chi connectivity index (χ3v) is 7.94. The molecule has 26 heavy (non-hydrogen) atoms. The molecule has 140 valence electrons. The molecule has 3 rings (SSSR count). The van der Waals surface area contributed by atoms with Crippen LogP contribution in [0, 0.1) is 5.41 Å². The summed E-state index contributed by atoms with van der Waals surface area (Å²) in [6, 6.07) is 5.03. The summed E-state index contributed by atoms with van der Waals surface area (Å²) in [5.41, 5.74) is -0.0558. The first-order chi connectivity index (χ1) is 12.1. The van der Waals surface area contributed by atoms with Crippen molar-refractivity contribution in [1.82, 2.24) is 14.6 Å². The maximum atomic E-state index is 12.3. The van der Waals surface area contributed by atoms with Crippen molar-refractivity contribution >= 4 is 44.9 Å². The van der Waals surface area contributed by atoms with Gasteiger partial charge in [-0.05, 0) is 25.1 Å². The van der Waals surface area contributed by atoms with E-state index in [9.17, 15) is 13.2 Å². The van der Waals surface area contributed by atoms with E-state index in [1.54, 1.807) is 25.1 Å². The Kier molecular flexibility index (Phi) is 4.53. The van der Waals surface area contributed by atoms with Gasteiger partial charge in [-0.2, -0.15) is 0 Å². The Bertz CT molecular complexity index is 997. The van der Waals surface area contributed by atoms with Crippen molar-refractivity contribution in [3.63, 3.8) is 0 Å². The number of sulfonamides is 1. The first kappa shape index (κ1) is 18.7. The van der Waals surface area contributed by atoms with Crippen LogP contribution >= 0.6 is 22.9 Å². The van der Waals surface area contributed by atoms with Crippen LogP contribution in [0.4, 0.5) is 0 Å². The summed E-state index contributed by atoms with van der Waals surface area (Å²) in [5.74, 6) is -0.920. The van der Waals surface area contributed by atoms with Crippen molar-refractivity contribution in [2.45, 2.75) is 12.5 Å². The van der Waals surface area contributed by atoms with Crippen molar-refractivity contribution in [3.05, 3.63) is 33.8 Å². The highest BCUT2D eigenvalue weighted by atomic mass is 35.5. The van der Waals surface area contributed by atoms with Gasteiger partial charge in [-0.1, -0.05) is 11.6 Å². The van der Waals surface area contributed by atoms with Gasteiger partial charge in [-0.15, -0.1) is 11.3 Å². The predicted octanol–water partition coefficient (Wildman–Crippen LogP) is 2.20. The highest BCUT2D eigenvalue weighted by molar-refractivity contribution is 7.89. The Morgan fingerprint density at radius 3 is 2.77 bits per heavy atom. The number of carbonyl (C=O) groups is 1. The van der Waals surface area contributed by atoms with Crippen LogP contribution in [-0.2, 0) is 20.3 Å². The number of nitrogens with zero attached hydrogens (tertiary/aromatic N) is 1. The van der Waals surface area contributed by atoms with Crippen molar-refractivity contribution in [1.29, 1.82) is 5.41 Å². The number of methoxy groups -OCH3 is 1. The number of aromatic nitrogens is 1. The number of guanidine groups is 1. The second-order valence-electron chi connectivity index (χ2n) is 6.09. The van der Waals surface area contributed by atoms with Gasteiger partial charge in [0.15, 0.2) is 0 Å². The summed E-state index contributed by atoms with van der Waals surface area (Å²) in [5, 5.41) is 11.2. The molecule has 0 saturated carbocycles. The van der Waals surface area contributed by atoms with Gasteiger partial charge in [0.25, 0.3) is 0 Å². The lowest BCUT2D eigenvalue weighted by Gasteiger charge is -2.39. The van der Waals surface area contributed by atoms with E-state index in [4.69, 9.17) is 17.0 Å². The molecule has 1 saturated heterocycles. The minimum Gasteiger partial charge on any atom is -0.464 e. The Morgan fingerprint density at radius 1 is 1.46 bits per heavy atom. The van der Waals surface area contributed by atoms with Crippen LogP contribution < -0.4 is 5.32 Å². The molecule has 0 radical (unpaired) electrons. The molecule has 3 heterocycles. The number of ether oxygens (including phenoxy) is 1. The lowest BCUT2D eigenvalue weighted by Crippen LogP contribution is -2.60. The fourth-order valence-electron chi connectivity index (χ4n) is 2.74. The Balaban J connectivity index is 1.99. The van der Waals surface area contributed by atoms with Crippen LogP contribution in [0.15, 0.2) is 18.2 Å². The normalized spacial score (nSPS) is 22.2. The van der Waals surface area contributed by atoms with E-state index in [0.717, 1.165) is 9.18 Å². The van der Waals surface area contributed by atoms with Crippen LogP contribution in [0.5, 0.6) is 0 Å². The molecule has 0 amide bonds. The molecule has 11 heteroatoms. The molecule has 2 aromatic heterocycles. The summed E-state index contributed by atoms with van der Waals surface area (Å²) >= 11 is 7.67. The smallest absolute Gasteiger partial charge is 0.354 e. The van der Waals surface area contributed by atoms with Gasteiger partial charge in [-0.3, -0.25) is 5.41 Å². The van der Waals surface area contributed by atoms with Gasteiger partial charge >= 0.3 is 5.97 Å². The quantitative estimate of drug-likeness (QED) is 0.663. The fraction of sp³-hybridized carbons (Fsp3) is 0.333. The number of hydrogen-bond acceptors (Lipinski definition) is 6. The summed E-state index contributed by atoms with van der Waals surface area (Å²) in [6.45, 7) is 1.70. The second kappa shape index (κ2) is 6.29. The third kappa shape index (κ3) is 3.08. The molecule has 3 N–H and O–H groups in total. The zero-order chi connectivity index (χ0) is 19.3. The first-order valence-corrected chi connectivity index (χ1v) is 10.3. The minimum absolute atomic E-state index is 0.211. The number of thiophene rings is 1. The van der Waals surface area contributed by atoms with Gasteiger partial charge in [0.1, 0.15) is 5.69 Å². The van der Waals surface area contributed by atoms with E-state index in [0.29, 0.717) is 21.3 Å². The monoisotopic (exact) mass is 416 g/mol. The van der Waals surface area contributed by atoms with Gasteiger partial charge in [-0.25, -0.2) is 17.5 Å². The molecule has 1 aliphatic rings. The van der Waals surface area contributed by atoms with E-state index in [1.165, 1.54) is 25.5 Å². The maximum absolute atomic E-state index is 12.3. The topological polar surface area (TPSA) is 115 Å². The van der Waals surface area contributed by atoms with Gasteiger partial charge in [0, 0.05) is 7.05 Å². The highest BCUT2D eigenvalue weighted by Crippen LogP contribution is 2.42. The summed E-state index contributed by atoms with van der Waals surface area (Å²) in [4.78, 5) is 15.9. The Labute approximate surface area is 159 Å². The van der Waals surface area contributed by atoms with E-state index in [1.807, 2.05) is 0 Å². The average Bonchev–Trinajstić information content (AvgIpc) is 3.18. The molecular weight excluding hydrogens is 400 g/mol. The van der Waals surface area contributed by atoms with Gasteiger partial charge in [0.2, 0.25) is 16.0 Å².